The van der Waals surface area contributed by atoms with Gasteiger partial charge >= 0.3 is 5.97 Å². The number of carboxylic acid groups (broad SMARTS) is 1. The Bertz CT molecular complexity index is 379. The molecule has 86 valence electrons. The van der Waals surface area contributed by atoms with E-state index in [0.29, 0.717) is 5.75 Å². The van der Waals surface area contributed by atoms with E-state index in [1.54, 1.807) is 18.9 Å². The molecule has 0 amide bonds. The van der Waals surface area contributed by atoms with Crippen LogP contribution in [0.5, 0.6) is 5.75 Å². The van der Waals surface area contributed by atoms with Crippen molar-refractivity contribution in [2.24, 2.45) is 0 Å². The number of methoxy groups -OCH3 is 1. The maximum absolute atomic E-state index is 10.8. The first-order chi connectivity index (χ1) is 7.70. The molecule has 0 bridgehead atoms. The zero-order valence-corrected chi connectivity index (χ0v) is 9.66. The summed E-state index contributed by atoms with van der Waals surface area (Å²) in [7, 11) is 1.62. The predicted octanol–water partition coefficient (Wildman–Crippen LogP) is 1.48. The molecule has 1 aromatic carbocycles. The van der Waals surface area contributed by atoms with E-state index in [-0.39, 0.29) is 5.37 Å². The summed E-state index contributed by atoms with van der Waals surface area (Å²) in [5, 5.41) is 12.0. The minimum Gasteiger partial charge on any atom is -0.497 e. The van der Waals surface area contributed by atoms with Crippen LogP contribution in [0.1, 0.15) is 10.9 Å². The molecular formula is C11H13NO3S. The van der Waals surface area contributed by atoms with Crippen LogP contribution < -0.4 is 10.1 Å². The van der Waals surface area contributed by atoms with Crippen LogP contribution in [0.4, 0.5) is 0 Å². The zero-order chi connectivity index (χ0) is 11.5. The quantitative estimate of drug-likeness (QED) is 0.836. The highest BCUT2D eigenvalue weighted by Gasteiger charge is 2.30. The Labute approximate surface area is 98.0 Å². The molecule has 0 saturated carbocycles. The second-order valence-corrected chi connectivity index (χ2v) is 4.68. The van der Waals surface area contributed by atoms with Gasteiger partial charge in [0.1, 0.15) is 11.8 Å². The van der Waals surface area contributed by atoms with Crippen molar-refractivity contribution in [3.05, 3.63) is 29.8 Å². The van der Waals surface area contributed by atoms with Crippen molar-refractivity contribution in [1.82, 2.24) is 5.32 Å². The van der Waals surface area contributed by atoms with Gasteiger partial charge in [-0.1, -0.05) is 12.1 Å². The van der Waals surface area contributed by atoms with Crippen molar-refractivity contribution in [1.29, 1.82) is 0 Å². The van der Waals surface area contributed by atoms with E-state index in [1.807, 2.05) is 24.3 Å². The largest absolute Gasteiger partial charge is 0.497 e. The lowest BCUT2D eigenvalue weighted by Gasteiger charge is -2.11. The Morgan fingerprint density at radius 2 is 2.19 bits per heavy atom. The first-order valence-electron chi connectivity index (χ1n) is 4.95. The number of rotatable bonds is 3. The number of thioether (sulfide) groups is 1. The number of ether oxygens (including phenoxy) is 1. The lowest BCUT2D eigenvalue weighted by molar-refractivity contribution is -0.138. The minimum atomic E-state index is -0.788. The van der Waals surface area contributed by atoms with E-state index in [4.69, 9.17) is 9.84 Å². The van der Waals surface area contributed by atoms with E-state index in [0.717, 1.165) is 11.3 Å². The topological polar surface area (TPSA) is 58.6 Å². The van der Waals surface area contributed by atoms with E-state index in [1.165, 1.54) is 0 Å². The third-order valence-electron chi connectivity index (χ3n) is 2.50. The number of carbonyl (C=O) groups is 1. The molecule has 0 aliphatic carbocycles. The number of aliphatic carboxylic acids is 1. The fourth-order valence-electron chi connectivity index (χ4n) is 1.59. The monoisotopic (exact) mass is 239 g/mol. The van der Waals surface area contributed by atoms with Gasteiger partial charge in [-0.25, -0.2) is 0 Å². The standard InChI is InChI=1S/C11H13NO3S/c1-15-8-4-2-7(3-5-8)10-12-9(6-16-10)11(13)14/h2-5,9-10,12H,6H2,1H3,(H,13,14)/t9?,10-/m1/s1. The fraction of sp³-hybridized carbons (Fsp3) is 0.364. The summed E-state index contributed by atoms with van der Waals surface area (Å²) in [4.78, 5) is 10.8. The summed E-state index contributed by atoms with van der Waals surface area (Å²) in [6, 6.07) is 7.22. The van der Waals surface area contributed by atoms with Crippen molar-refractivity contribution in [3.8, 4) is 5.75 Å². The van der Waals surface area contributed by atoms with Crippen molar-refractivity contribution < 1.29 is 14.6 Å². The predicted molar refractivity (Wildman–Crippen MR) is 62.8 cm³/mol. The summed E-state index contributed by atoms with van der Waals surface area (Å²) in [5.74, 6) is 0.622. The molecule has 0 aromatic heterocycles. The summed E-state index contributed by atoms with van der Waals surface area (Å²) < 4.78 is 5.07. The Kier molecular flexibility index (Phi) is 3.36. The van der Waals surface area contributed by atoms with Gasteiger partial charge in [0.2, 0.25) is 0 Å². The fourth-order valence-corrected chi connectivity index (χ4v) is 2.82. The van der Waals surface area contributed by atoms with Crippen LogP contribution in [0.3, 0.4) is 0 Å². The van der Waals surface area contributed by atoms with Gasteiger partial charge in [0.05, 0.1) is 12.5 Å². The Hall–Kier alpha value is -1.20. The van der Waals surface area contributed by atoms with Crippen LogP contribution in [0.2, 0.25) is 0 Å². The summed E-state index contributed by atoms with van der Waals surface area (Å²) >= 11 is 1.61. The third kappa shape index (κ3) is 2.31. The summed E-state index contributed by atoms with van der Waals surface area (Å²) in [6.07, 6.45) is 0. The smallest absolute Gasteiger partial charge is 0.321 e. The van der Waals surface area contributed by atoms with Gasteiger partial charge < -0.3 is 9.84 Å². The summed E-state index contributed by atoms with van der Waals surface area (Å²) in [6.45, 7) is 0. The molecule has 1 unspecified atom stereocenters. The Morgan fingerprint density at radius 1 is 1.50 bits per heavy atom. The molecule has 0 spiro atoms. The zero-order valence-electron chi connectivity index (χ0n) is 8.84. The first kappa shape index (κ1) is 11.3. The van der Waals surface area contributed by atoms with E-state index < -0.39 is 12.0 Å². The van der Waals surface area contributed by atoms with Gasteiger partial charge in [-0.2, -0.15) is 0 Å². The molecule has 2 N–H and O–H groups in total. The van der Waals surface area contributed by atoms with Crippen LogP contribution >= 0.6 is 11.8 Å². The lowest BCUT2D eigenvalue weighted by Crippen LogP contribution is -2.33. The maximum Gasteiger partial charge on any atom is 0.321 e. The molecule has 0 radical (unpaired) electrons. The second kappa shape index (κ2) is 4.76. The molecule has 1 fully saturated rings. The highest BCUT2D eigenvalue weighted by Crippen LogP contribution is 2.33. The normalized spacial score (nSPS) is 24.3. The van der Waals surface area contributed by atoms with Gasteiger partial charge in [0.15, 0.2) is 0 Å². The molecule has 1 saturated heterocycles. The average molecular weight is 239 g/mol. The second-order valence-electron chi connectivity index (χ2n) is 3.54. The van der Waals surface area contributed by atoms with E-state index >= 15 is 0 Å². The van der Waals surface area contributed by atoms with Crippen LogP contribution in [0, 0.1) is 0 Å². The maximum atomic E-state index is 10.8. The molecule has 5 heteroatoms. The number of benzene rings is 1. The number of nitrogens with one attached hydrogen (secondary N) is 1. The SMILES string of the molecule is COc1ccc([C@@H]2NC(C(=O)O)CS2)cc1. The average Bonchev–Trinajstić information content (AvgIpc) is 2.78. The van der Waals surface area contributed by atoms with E-state index in [9.17, 15) is 4.79 Å². The Morgan fingerprint density at radius 3 is 2.69 bits per heavy atom. The van der Waals surface area contributed by atoms with Crippen molar-refractivity contribution in [2.75, 3.05) is 12.9 Å². The van der Waals surface area contributed by atoms with Gasteiger partial charge in [-0.3, -0.25) is 10.1 Å². The highest BCUT2D eigenvalue weighted by atomic mass is 32.2. The summed E-state index contributed by atoms with van der Waals surface area (Å²) in [5.41, 5.74) is 1.08. The lowest BCUT2D eigenvalue weighted by atomic mass is 10.2. The molecule has 4 nitrogen and oxygen atoms in total. The number of hydrogen-bond donors (Lipinski definition) is 2. The van der Waals surface area contributed by atoms with Crippen LogP contribution in [-0.4, -0.2) is 30.0 Å². The number of carboxylic acids is 1. The molecule has 2 rings (SSSR count). The molecule has 1 aliphatic rings. The van der Waals surface area contributed by atoms with E-state index in [2.05, 4.69) is 5.32 Å². The molecular weight excluding hydrogens is 226 g/mol. The molecule has 1 aliphatic heterocycles. The minimum absolute atomic E-state index is 0.0620. The Balaban J connectivity index is 2.05. The van der Waals surface area contributed by atoms with Crippen LogP contribution in [0.25, 0.3) is 0 Å². The molecule has 1 aromatic rings. The molecule has 16 heavy (non-hydrogen) atoms. The first-order valence-corrected chi connectivity index (χ1v) is 6.00. The molecule has 2 atom stereocenters. The van der Waals surface area contributed by atoms with Crippen molar-refractivity contribution in [2.45, 2.75) is 11.4 Å². The molecule has 1 heterocycles. The highest BCUT2D eigenvalue weighted by molar-refractivity contribution is 7.99. The van der Waals surface area contributed by atoms with Crippen molar-refractivity contribution >= 4 is 17.7 Å². The van der Waals surface area contributed by atoms with Crippen LogP contribution in [0.15, 0.2) is 24.3 Å². The van der Waals surface area contributed by atoms with Gasteiger partial charge in [0, 0.05) is 5.75 Å². The van der Waals surface area contributed by atoms with Crippen molar-refractivity contribution in [3.63, 3.8) is 0 Å². The van der Waals surface area contributed by atoms with Crippen LogP contribution in [-0.2, 0) is 4.79 Å². The van der Waals surface area contributed by atoms with Gasteiger partial charge in [-0.15, -0.1) is 11.8 Å². The third-order valence-corrected chi connectivity index (χ3v) is 3.77. The van der Waals surface area contributed by atoms with Gasteiger partial charge in [0.25, 0.3) is 0 Å². The number of hydrogen-bond acceptors (Lipinski definition) is 4. The van der Waals surface area contributed by atoms with Gasteiger partial charge in [-0.05, 0) is 17.7 Å².